The van der Waals surface area contributed by atoms with Crippen LogP contribution in [0.25, 0.3) is 0 Å². The first-order valence-corrected chi connectivity index (χ1v) is 8.51. The Morgan fingerprint density at radius 1 is 1.08 bits per heavy atom. The zero-order valence-corrected chi connectivity index (χ0v) is 15.2. The van der Waals surface area contributed by atoms with Crippen LogP contribution in [-0.4, -0.2) is 25.2 Å². The maximum absolute atomic E-state index is 12.1. The molecule has 0 aliphatic heterocycles. The molecular formula is C18H18Cl2N2O3. The van der Waals surface area contributed by atoms with E-state index in [1.807, 2.05) is 6.07 Å². The number of benzene rings is 2. The van der Waals surface area contributed by atoms with Crippen LogP contribution in [0, 0.1) is 0 Å². The SMILES string of the molecule is CCOC(=O)Nc1ccc(C(=O)NCCc2ccc(Cl)cc2Cl)cc1. The van der Waals surface area contributed by atoms with Crippen molar-refractivity contribution in [1.29, 1.82) is 0 Å². The zero-order valence-electron chi connectivity index (χ0n) is 13.6. The van der Waals surface area contributed by atoms with Gasteiger partial charge in [0.1, 0.15) is 0 Å². The van der Waals surface area contributed by atoms with Crippen LogP contribution in [0.5, 0.6) is 0 Å². The minimum Gasteiger partial charge on any atom is -0.450 e. The fourth-order valence-corrected chi connectivity index (χ4v) is 2.63. The van der Waals surface area contributed by atoms with Gasteiger partial charge in [-0.05, 0) is 55.3 Å². The fraction of sp³-hybridized carbons (Fsp3) is 0.222. The first-order valence-electron chi connectivity index (χ1n) is 7.75. The van der Waals surface area contributed by atoms with Gasteiger partial charge in [-0.3, -0.25) is 10.1 Å². The van der Waals surface area contributed by atoms with Crippen LogP contribution >= 0.6 is 23.2 Å². The van der Waals surface area contributed by atoms with Gasteiger partial charge in [-0.2, -0.15) is 0 Å². The van der Waals surface area contributed by atoms with Crippen molar-refractivity contribution in [1.82, 2.24) is 5.32 Å². The van der Waals surface area contributed by atoms with Crippen molar-refractivity contribution in [3.05, 3.63) is 63.6 Å². The van der Waals surface area contributed by atoms with Crippen molar-refractivity contribution in [2.45, 2.75) is 13.3 Å². The molecule has 0 atom stereocenters. The second-order valence-electron chi connectivity index (χ2n) is 5.16. The second-order valence-corrected chi connectivity index (χ2v) is 6.01. The molecule has 2 N–H and O–H groups in total. The summed E-state index contributed by atoms with van der Waals surface area (Å²) in [5.41, 5.74) is 1.97. The summed E-state index contributed by atoms with van der Waals surface area (Å²) >= 11 is 12.0. The number of carbonyl (C=O) groups is 2. The Hall–Kier alpha value is -2.24. The Kier molecular flexibility index (Phi) is 7.10. The largest absolute Gasteiger partial charge is 0.450 e. The number of amides is 2. The third-order valence-electron chi connectivity index (χ3n) is 3.36. The van der Waals surface area contributed by atoms with Crippen LogP contribution in [0.15, 0.2) is 42.5 Å². The summed E-state index contributed by atoms with van der Waals surface area (Å²) < 4.78 is 4.79. The van der Waals surface area contributed by atoms with Crippen LogP contribution in [0.4, 0.5) is 10.5 Å². The van der Waals surface area contributed by atoms with E-state index >= 15 is 0 Å². The Morgan fingerprint density at radius 3 is 2.44 bits per heavy atom. The molecule has 0 aliphatic rings. The molecule has 0 radical (unpaired) electrons. The minimum absolute atomic E-state index is 0.201. The predicted molar refractivity (Wildman–Crippen MR) is 99.6 cm³/mol. The molecule has 0 spiro atoms. The molecule has 2 amide bonds. The van der Waals surface area contributed by atoms with E-state index in [0.717, 1.165) is 5.56 Å². The summed E-state index contributed by atoms with van der Waals surface area (Å²) in [6, 6.07) is 11.8. The van der Waals surface area contributed by atoms with Crippen molar-refractivity contribution in [3.63, 3.8) is 0 Å². The molecule has 25 heavy (non-hydrogen) atoms. The third-order valence-corrected chi connectivity index (χ3v) is 3.95. The lowest BCUT2D eigenvalue weighted by Gasteiger charge is -2.08. The van der Waals surface area contributed by atoms with Gasteiger partial charge in [0.2, 0.25) is 0 Å². The highest BCUT2D eigenvalue weighted by Crippen LogP contribution is 2.21. The highest BCUT2D eigenvalue weighted by molar-refractivity contribution is 6.35. The van der Waals surface area contributed by atoms with Gasteiger partial charge in [0.25, 0.3) is 5.91 Å². The highest BCUT2D eigenvalue weighted by atomic mass is 35.5. The number of halogens is 2. The number of nitrogens with one attached hydrogen (secondary N) is 2. The molecule has 2 aromatic rings. The van der Waals surface area contributed by atoms with Crippen LogP contribution in [0.2, 0.25) is 10.0 Å². The van der Waals surface area contributed by atoms with E-state index in [1.54, 1.807) is 43.3 Å². The molecule has 7 heteroatoms. The first kappa shape index (κ1) is 19.1. The fourth-order valence-electron chi connectivity index (χ4n) is 2.13. The van der Waals surface area contributed by atoms with Gasteiger partial charge in [-0.1, -0.05) is 29.3 Å². The quantitative estimate of drug-likeness (QED) is 0.772. The van der Waals surface area contributed by atoms with Gasteiger partial charge in [0.05, 0.1) is 6.61 Å². The smallest absolute Gasteiger partial charge is 0.411 e. The molecule has 0 aliphatic carbocycles. The molecule has 5 nitrogen and oxygen atoms in total. The molecule has 2 aromatic carbocycles. The van der Waals surface area contributed by atoms with Gasteiger partial charge < -0.3 is 10.1 Å². The average Bonchev–Trinajstić information content (AvgIpc) is 2.57. The van der Waals surface area contributed by atoms with E-state index in [9.17, 15) is 9.59 Å². The maximum atomic E-state index is 12.1. The lowest BCUT2D eigenvalue weighted by molar-refractivity contribution is 0.0954. The normalized spacial score (nSPS) is 10.2. The van der Waals surface area contributed by atoms with Crippen molar-refractivity contribution in [2.75, 3.05) is 18.5 Å². The van der Waals surface area contributed by atoms with Gasteiger partial charge in [0, 0.05) is 27.8 Å². The Labute approximate surface area is 156 Å². The zero-order chi connectivity index (χ0) is 18.2. The Balaban J connectivity index is 1.85. The van der Waals surface area contributed by atoms with Crippen molar-refractivity contribution < 1.29 is 14.3 Å². The molecule has 0 heterocycles. The number of hydrogen-bond donors (Lipinski definition) is 2. The molecular weight excluding hydrogens is 363 g/mol. The Morgan fingerprint density at radius 2 is 1.80 bits per heavy atom. The van der Waals surface area contributed by atoms with E-state index in [4.69, 9.17) is 27.9 Å². The van der Waals surface area contributed by atoms with E-state index in [2.05, 4.69) is 10.6 Å². The number of ether oxygens (including phenoxy) is 1. The summed E-state index contributed by atoms with van der Waals surface area (Å²) in [4.78, 5) is 23.5. The van der Waals surface area contributed by atoms with Crippen molar-refractivity contribution >= 4 is 40.9 Å². The average molecular weight is 381 g/mol. The highest BCUT2D eigenvalue weighted by Gasteiger charge is 2.07. The van der Waals surface area contributed by atoms with Crippen LogP contribution in [-0.2, 0) is 11.2 Å². The lowest BCUT2D eigenvalue weighted by atomic mass is 10.1. The third kappa shape index (κ3) is 5.96. The van der Waals surface area contributed by atoms with E-state index in [1.165, 1.54) is 0 Å². The molecule has 2 rings (SSSR count). The summed E-state index contributed by atoms with van der Waals surface area (Å²) in [5.74, 6) is -0.201. The monoisotopic (exact) mass is 380 g/mol. The molecule has 0 aromatic heterocycles. The second kappa shape index (κ2) is 9.30. The molecule has 132 valence electrons. The van der Waals surface area contributed by atoms with E-state index < -0.39 is 6.09 Å². The molecule has 0 unspecified atom stereocenters. The van der Waals surface area contributed by atoms with E-state index in [0.29, 0.717) is 40.9 Å². The number of anilines is 1. The summed E-state index contributed by atoms with van der Waals surface area (Å²) in [6.45, 7) is 2.47. The lowest BCUT2D eigenvalue weighted by Crippen LogP contribution is -2.25. The number of rotatable bonds is 6. The summed E-state index contributed by atoms with van der Waals surface area (Å²) in [6.07, 6.45) is 0.0732. The predicted octanol–water partition coefficient (Wildman–Crippen LogP) is 4.53. The molecule has 0 fully saturated rings. The van der Waals surface area contributed by atoms with E-state index in [-0.39, 0.29) is 5.91 Å². The number of hydrogen-bond acceptors (Lipinski definition) is 3. The summed E-state index contributed by atoms with van der Waals surface area (Å²) in [7, 11) is 0. The van der Waals surface area contributed by atoms with Crippen LogP contribution in [0.3, 0.4) is 0 Å². The molecule has 0 saturated carbocycles. The molecule has 0 saturated heterocycles. The molecule has 0 bridgehead atoms. The standard InChI is InChI=1S/C18H18Cl2N2O3/c1-2-25-18(24)22-15-7-4-13(5-8-15)17(23)21-10-9-12-3-6-14(19)11-16(12)20/h3-8,11H,2,9-10H2,1H3,(H,21,23)(H,22,24). The van der Waals surface area contributed by atoms with Gasteiger partial charge >= 0.3 is 6.09 Å². The minimum atomic E-state index is -0.528. The van der Waals surface area contributed by atoms with Crippen LogP contribution < -0.4 is 10.6 Å². The Bertz CT molecular complexity index is 748. The number of carbonyl (C=O) groups excluding carboxylic acids is 2. The first-order chi connectivity index (χ1) is 12.0. The van der Waals surface area contributed by atoms with Gasteiger partial charge in [-0.15, -0.1) is 0 Å². The van der Waals surface area contributed by atoms with Crippen molar-refractivity contribution in [3.8, 4) is 0 Å². The van der Waals surface area contributed by atoms with Gasteiger partial charge in [-0.25, -0.2) is 4.79 Å². The summed E-state index contributed by atoms with van der Waals surface area (Å²) in [5, 5.41) is 6.55. The van der Waals surface area contributed by atoms with Gasteiger partial charge in [0.15, 0.2) is 0 Å². The maximum Gasteiger partial charge on any atom is 0.411 e. The topological polar surface area (TPSA) is 67.4 Å². The van der Waals surface area contributed by atoms with Crippen LogP contribution in [0.1, 0.15) is 22.8 Å². The van der Waals surface area contributed by atoms with Crippen molar-refractivity contribution in [2.24, 2.45) is 0 Å².